The maximum Gasteiger partial charge on any atom is 0.194 e. The van der Waals surface area contributed by atoms with Gasteiger partial charge in [0, 0.05) is 49.4 Å². The maximum absolute atomic E-state index is 7.91. The third-order valence-electron chi connectivity index (χ3n) is 12.4. The highest BCUT2D eigenvalue weighted by molar-refractivity contribution is 6.12. The van der Waals surface area contributed by atoms with E-state index < -0.39 is 0 Å². The summed E-state index contributed by atoms with van der Waals surface area (Å²) in [5, 5.41) is 4.67. The first-order chi connectivity index (χ1) is 31.7. The van der Waals surface area contributed by atoms with Gasteiger partial charge in [-0.2, -0.15) is 0 Å². The Morgan fingerprint density at radius 1 is 0.328 bits per heavy atom. The lowest BCUT2D eigenvalue weighted by Gasteiger charge is -2.20. The van der Waals surface area contributed by atoms with Gasteiger partial charge < -0.3 is 9.13 Å². The van der Waals surface area contributed by atoms with Gasteiger partial charge in [0.2, 0.25) is 0 Å². The number of para-hydroxylation sites is 5. The fourth-order valence-corrected chi connectivity index (χ4v) is 9.47. The molecule has 0 bridgehead atoms. The van der Waals surface area contributed by atoms with Crippen molar-refractivity contribution in [2.24, 2.45) is 0 Å². The SMILES string of the molecule is [C-]#[N+]c1ccccc1-c1ccc2c(c1)c1ccccc1n2-c1ccc(-c2nc(-c3ccccc3)cc(-c3ccccc3)n2)cc1-c1ccccc1-n1c2ccccc2c2ccccc21. The van der Waals surface area contributed by atoms with E-state index in [2.05, 4.69) is 202 Å². The zero-order chi connectivity index (χ0) is 42.6. The Kier molecular flexibility index (Phi) is 8.81. The van der Waals surface area contributed by atoms with Gasteiger partial charge in [-0.05, 0) is 71.8 Å². The van der Waals surface area contributed by atoms with Gasteiger partial charge in [0.1, 0.15) is 0 Å². The molecular weight excluding hydrogens is 779 g/mol. The smallest absolute Gasteiger partial charge is 0.194 e. The van der Waals surface area contributed by atoms with E-state index in [4.69, 9.17) is 16.5 Å². The van der Waals surface area contributed by atoms with Crippen molar-refractivity contribution in [2.45, 2.75) is 0 Å². The van der Waals surface area contributed by atoms with Crippen molar-refractivity contribution in [3.8, 4) is 67.5 Å². The molecule has 3 heterocycles. The van der Waals surface area contributed by atoms with Crippen LogP contribution in [-0.4, -0.2) is 19.1 Å². The second-order valence-electron chi connectivity index (χ2n) is 16.0. The minimum absolute atomic E-state index is 0.638. The number of hydrogen-bond acceptors (Lipinski definition) is 2. The second-order valence-corrected chi connectivity index (χ2v) is 16.0. The van der Waals surface area contributed by atoms with Gasteiger partial charge in [-0.3, -0.25) is 0 Å². The molecule has 64 heavy (non-hydrogen) atoms. The molecule has 0 unspecified atom stereocenters. The lowest BCUT2D eigenvalue weighted by atomic mass is 9.97. The summed E-state index contributed by atoms with van der Waals surface area (Å²) in [5.74, 6) is 0.646. The normalized spacial score (nSPS) is 11.4. The monoisotopic (exact) mass is 815 g/mol. The molecule has 0 aliphatic heterocycles. The van der Waals surface area contributed by atoms with E-state index in [9.17, 15) is 0 Å². The van der Waals surface area contributed by atoms with E-state index in [1.165, 1.54) is 10.8 Å². The first kappa shape index (κ1) is 37.0. The van der Waals surface area contributed by atoms with Crippen molar-refractivity contribution < 1.29 is 0 Å². The van der Waals surface area contributed by atoms with Crippen molar-refractivity contribution in [3.63, 3.8) is 0 Å². The molecule has 0 aliphatic carbocycles. The lowest BCUT2D eigenvalue weighted by molar-refractivity contribution is 1.15. The average Bonchev–Trinajstić information content (AvgIpc) is 3.89. The molecule has 0 fully saturated rings. The third-order valence-corrected chi connectivity index (χ3v) is 12.4. The van der Waals surface area contributed by atoms with Crippen molar-refractivity contribution in [1.29, 1.82) is 0 Å². The number of rotatable bonds is 7. The Morgan fingerprint density at radius 2 is 0.797 bits per heavy atom. The van der Waals surface area contributed by atoms with Crippen LogP contribution in [-0.2, 0) is 0 Å². The summed E-state index contributed by atoms with van der Waals surface area (Å²) in [7, 11) is 0. The molecule has 0 saturated carbocycles. The summed E-state index contributed by atoms with van der Waals surface area (Å²) in [4.78, 5) is 14.4. The summed E-state index contributed by atoms with van der Waals surface area (Å²) < 4.78 is 4.80. The van der Waals surface area contributed by atoms with E-state index in [1.807, 2.05) is 36.4 Å². The summed E-state index contributed by atoms with van der Waals surface area (Å²) in [6, 6.07) is 78.6. The molecule has 0 spiro atoms. The van der Waals surface area contributed by atoms with Crippen LogP contribution in [0.2, 0.25) is 0 Å². The Balaban J connectivity index is 1.15. The molecular formula is C59H37N5. The zero-order valence-electron chi connectivity index (χ0n) is 34.6. The lowest BCUT2D eigenvalue weighted by Crippen LogP contribution is -2.02. The second kappa shape index (κ2) is 15.3. The molecule has 12 aromatic rings. The molecule has 5 heteroatoms. The average molecular weight is 816 g/mol. The molecule has 0 radical (unpaired) electrons. The maximum atomic E-state index is 7.91. The molecule has 0 amide bonds. The number of nitrogens with zero attached hydrogens (tertiary/aromatic N) is 5. The van der Waals surface area contributed by atoms with Crippen LogP contribution in [0.15, 0.2) is 224 Å². The van der Waals surface area contributed by atoms with E-state index in [-0.39, 0.29) is 0 Å². The van der Waals surface area contributed by atoms with Crippen LogP contribution in [0.3, 0.4) is 0 Å². The van der Waals surface area contributed by atoms with Gasteiger partial charge >= 0.3 is 0 Å². The molecule has 0 atom stereocenters. The highest BCUT2D eigenvalue weighted by Crippen LogP contribution is 2.43. The standard InChI is InChI=1S/C59H37N5/c1-60-50-27-13-8-22-43(50)41-32-34-57-48(36-41)46-25-11-17-31-56(46)64(57)58-35-33-42(59-61-51(39-18-4-2-5-19-39)38-52(62-59)40-20-6-3-7-21-40)37-49(58)47-26-12-16-30-55(47)63-53-28-14-9-23-44(53)45-24-10-15-29-54(45)63/h2-38H. The van der Waals surface area contributed by atoms with Gasteiger partial charge in [0.25, 0.3) is 0 Å². The minimum atomic E-state index is 0.638. The van der Waals surface area contributed by atoms with Crippen LogP contribution in [0.5, 0.6) is 0 Å². The van der Waals surface area contributed by atoms with E-state index >= 15 is 0 Å². The molecule has 12 rings (SSSR count). The van der Waals surface area contributed by atoms with Gasteiger partial charge in [-0.15, -0.1) is 0 Å². The molecule has 298 valence electrons. The Hall–Kier alpha value is -8.85. The Bertz CT molecular complexity index is 3690. The predicted octanol–water partition coefficient (Wildman–Crippen LogP) is 15.6. The molecule has 3 aromatic heterocycles. The van der Waals surface area contributed by atoms with Gasteiger partial charge in [0.15, 0.2) is 11.5 Å². The fraction of sp³-hybridized carbons (Fsp3) is 0. The first-order valence-corrected chi connectivity index (χ1v) is 21.4. The molecule has 9 aromatic carbocycles. The predicted molar refractivity (Wildman–Crippen MR) is 264 cm³/mol. The summed E-state index contributed by atoms with van der Waals surface area (Å²) in [5.41, 5.74) is 15.9. The van der Waals surface area contributed by atoms with Crippen molar-refractivity contribution in [2.75, 3.05) is 0 Å². The summed E-state index contributed by atoms with van der Waals surface area (Å²) >= 11 is 0. The van der Waals surface area contributed by atoms with E-state index in [0.717, 1.165) is 94.5 Å². The van der Waals surface area contributed by atoms with Gasteiger partial charge in [0.05, 0.1) is 51.4 Å². The minimum Gasteiger partial charge on any atom is -0.309 e. The number of hydrogen-bond donors (Lipinski definition) is 0. The highest BCUT2D eigenvalue weighted by Gasteiger charge is 2.22. The van der Waals surface area contributed by atoms with Crippen LogP contribution in [0, 0.1) is 6.57 Å². The highest BCUT2D eigenvalue weighted by atomic mass is 15.0. The fourth-order valence-electron chi connectivity index (χ4n) is 9.47. The molecule has 0 N–H and O–H groups in total. The first-order valence-electron chi connectivity index (χ1n) is 21.4. The Labute approximate surface area is 370 Å². The van der Waals surface area contributed by atoms with Crippen LogP contribution < -0.4 is 0 Å². The summed E-state index contributed by atoms with van der Waals surface area (Å²) in [6.45, 7) is 7.91. The Morgan fingerprint density at radius 3 is 1.41 bits per heavy atom. The van der Waals surface area contributed by atoms with Crippen LogP contribution in [0.4, 0.5) is 5.69 Å². The van der Waals surface area contributed by atoms with Crippen LogP contribution in [0.25, 0.3) is 116 Å². The largest absolute Gasteiger partial charge is 0.309 e. The molecule has 0 aliphatic rings. The quantitative estimate of drug-likeness (QED) is 0.150. The van der Waals surface area contributed by atoms with Crippen molar-refractivity contribution >= 4 is 49.3 Å². The van der Waals surface area contributed by atoms with E-state index in [0.29, 0.717) is 11.5 Å². The van der Waals surface area contributed by atoms with Crippen LogP contribution in [0.1, 0.15) is 0 Å². The number of aromatic nitrogens is 4. The number of fused-ring (bicyclic) bond motifs is 6. The zero-order valence-corrected chi connectivity index (χ0v) is 34.6. The topological polar surface area (TPSA) is 40.0 Å². The summed E-state index contributed by atoms with van der Waals surface area (Å²) in [6.07, 6.45) is 0. The number of benzene rings is 9. The van der Waals surface area contributed by atoms with Crippen LogP contribution >= 0.6 is 0 Å². The van der Waals surface area contributed by atoms with Crippen molar-refractivity contribution in [3.05, 3.63) is 236 Å². The third kappa shape index (κ3) is 6.08. The van der Waals surface area contributed by atoms with E-state index in [1.54, 1.807) is 0 Å². The molecule has 0 saturated heterocycles. The van der Waals surface area contributed by atoms with Gasteiger partial charge in [-0.25, -0.2) is 14.8 Å². The van der Waals surface area contributed by atoms with Crippen molar-refractivity contribution in [1.82, 2.24) is 19.1 Å². The van der Waals surface area contributed by atoms with Gasteiger partial charge in [-0.1, -0.05) is 164 Å². The molecule has 5 nitrogen and oxygen atoms in total.